The van der Waals surface area contributed by atoms with Crippen molar-refractivity contribution < 1.29 is 31.1 Å². The van der Waals surface area contributed by atoms with Crippen LogP contribution in [0.3, 0.4) is 0 Å². The topological polar surface area (TPSA) is 30.0 Å². The van der Waals surface area contributed by atoms with Crippen molar-refractivity contribution in [2.45, 2.75) is 25.2 Å². The van der Waals surface area contributed by atoms with E-state index in [1.165, 1.54) is 0 Å². The van der Waals surface area contributed by atoms with E-state index in [0.29, 0.717) is 0 Å². The first-order valence-electron chi connectivity index (χ1n) is 5.85. The number of hydrogen-bond donors (Lipinski definition) is 0. The summed E-state index contributed by atoms with van der Waals surface area (Å²) < 4.78 is 74.8. The highest BCUT2D eigenvalue weighted by molar-refractivity contribution is 6.31. The van der Waals surface area contributed by atoms with Gasteiger partial charge in [0.2, 0.25) is 0 Å². The molecule has 21 heavy (non-hydrogen) atoms. The summed E-state index contributed by atoms with van der Waals surface area (Å²) in [4.78, 5) is 15.0. The van der Waals surface area contributed by atoms with E-state index in [1.54, 1.807) is 0 Å². The van der Waals surface area contributed by atoms with Gasteiger partial charge in [0.05, 0.1) is 10.9 Å². The van der Waals surface area contributed by atoms with Gasteiger partial charge in [0.25, 0.3) is 0 Å². The largest absolute Gasteiger partial charge is 0.434 e. The van der Waals surface area contributed by atoms with E-state index in [2.05, 4.69) is 4.98 Å². The number of carbonyl (C=O) groups excluding carboxylic acids is 1. The zero-order valence-electron chi connectivity index (χ0n) is 10.2. The third-order valence-electron chi connectivity index (χ3n) is 3.34. The molecule has 1 heterocycles. The van der Waals surface area contributed by atoms with E-state index in [1.807, 2.05) is 0 Å². The summed E-state index contributed by atoms with van der Waals surface area (Å²) in [6.07, 6.45) is -10.1. The van der Waals surface area contributed by atoms with Crippen molar-refractivity contribution in [3.05, 3.63) is 28.5 Å². The molecule has 0 bridgehead atoms. The van der Waals surface area contributed by atoms with Crippen LogP contribution in [-0.2, 0) is 6.18 Å². The van der Waals surface area contributed by atoms with Gasteiger partial charge in [-0.05, 0) is 25.0 Å². The predicted octanol–water partition coefficient (Wildman–Crippen LogP) is 4.53. The van der Waals surface area contributed by atoms with E-state index in [4.69, 9.17) is 11.6 Å². The van der Waals surface area contributed by atoms with Crippen LogP contribution in [0.5, 0.6) is 0 Å². The monoisotopic (exact) mass is 331 g/mol. The second-order valence-electron chi connectivity index (χ2n) is 4.80. The maximum absolute atomic E-state index is 12.6. The average Bonchev–Trinajstić information content (AvgIpc) is 2.23. The van der Waals surface area contributed by atoms with Gasteiger partial charge in [-0.3, -0.25) is 4.79 Å². The predicted molar refractivity (Wildman–Crippen MR) is 60.8 cm³/mol. The molecule has 0 aliphatic heterocycles. The highest BCUT2D eigenvalue weighted by atomic mass is 35.5. The molecule has 0 amide bonds. The van der Waals surface area contributed by atoms with Gasteiger partial charge in [-0.2, -0.15) is 26.3 Å². The lowest BCUT2D eigenvalue weighted by Crippen LogP contribution is -2.39. The van der Waals surface area contributed by atoms with Crippen LogP contribution in [0, 0.1) is 11.8 Å². The molecule has 1 fully saturated rings. The van der Waals surface area contributed by atoms with Crippen LogP contribution < -0.4 is 0 Å². The van der Waals surface area contributed by atoms with Gasteiger partial charge in [-0.1, -0.05) is 11.6 Å². The Morgan fingerprint density at radius 3 is 2.19 bits per heavy atom. The first-order chi connectivity index (χ1) is 9.50. The number of pyridine rings is 1. The maximum atomic E-state index is 12.6. The van der Waals surface area contributed by atoms with Crippen molar-refractivity contribution in [1.82, 2.24) is 4.98 Å². The normalized spacial score (nSPS) is 22.8. The van der Waals surface area contributed by atoms with E-state index in [-0.39, 0.29) is 0 Å². The minimum Gasteiger partial charge on any atom is -0.292 e. The number of nitrogens with zero attached hydrogens (tertiary/aromatic N) is 1. The summed E-state index contributed by atoms with van der Waals surface area (Å²) >= 11 is 5.35. The SMILES string of the molecule is O=C(c1ccc(Cl)c(C(F)(F)F)n1)C1CC(C(F)(F)F)C1. The van der Waals surface area contributed by atoms with Gasteiger partial charge >= 0.3 is 12.4 Å². The van der Waals surface area contributed by atoms with Gasteiger partial charge < -0.3 is 0 Å². The molecule has 1 aliphatic rings. The molecule has 0 radical (unpaired) electrons. The maximum Gasteiger partial charge on any atom is 0.434 e. The highest BCUT2D eigenvalue weighted by Crippen LogP contribution is 2.46. The Balaban J connectivity index is 2.15. The number of ketones is 1. The standard InChI is InChI=1S/C12H8ClF6NO/c13-7-1-2-8(20-10(7)12(17,18)19)9(21)5-3-6(4-5)11(14,15)16/h1-2,5-6H,3-4H2. The van der Waals surface area contributed by atoms with Crippen molar-refractivity contribution in [1.29, 1.82) is 0 Å². The molecular formula is C12H8ClF6NO. The summed E-state index contributed by atoms with van der Waals surface area (Å²) in [7, 11) is 0. The lowest BCUT2D eigenvalue weighted by molar-refractivity contribution is -0.200. The molecule has 2 nitrogen and oxygen atoms in total. The first kappa shape index (κ1) is 16.1. The number of aromatic nitrogens is 1. The van der Waals surface area contributed by atoms with Gasteiger partial charge in [-0.15, -0.1) is 0 Å². The van der Waals surface area contributed by atoms with Crippen LogP contribution in [-0.4, -0.2) is 16.9 Å². The number of rotatable bonds is 2. The molecule has 1 aromatic heterocycles. The summed E-state index contributed by atoms with van der Waals surface area (Å²) in [6, 6.07) is 1.85. The smallest absolute Gasteiger partial charge is 0.292 e. The van der Waals surface area contributed by atoms with Crippen molar-refractivity contribution >= 4 is 17.4 Å². The van der Waals surface area contributed by atoms with E-state index in [0.717, 1.165) is 12.1 Å². The Morgan fingerprint density at radius 2 is 1.71 bits per heavy atom. The number of alkyl halides is 6. The minimum atomic E-state index is -4.83. The molecule has 9 heteroatoms. The Hall–Kier alpha value is -1.31. The Labute approximate surface area is 120 Å². The second-order valence-corrected chi connectivity index (χ2v) is 5.20. The molecule has 0 spiro atoms. The molecule has 0 N–H and O–H groups in total. The van der Waals surface area contributed by atoms with E-state index < -0.39 is 59.2 Å². The highest BCUT2D eigenvalue weighted by Gasteiger charge is 2.50. The Bertz CT molecular complexity index is 562. The first-order valence-corrected chi connectivity index (χ1v) is 6.22. The van der Waals surface area contributed by atoms with E-state index >= 15 is 0 Å². The Kier molecular flexibility index (Phi) is 3.94. The fourth-order valence-electron chi connectivity index (χ4n) is 2.09. The lowest BCUT2D eigenvalue weighted by Gasteiger charge is -2.35. The van der Waals surface area contributed by atoms with Gasteiger partial charge in [0.15, 0.2) is 11.5 Å². The summed E-state index contributed by atoms with van der Waals surface area (Å²) in [5.41, 5.74) is -1.93. The quantitative estimate of drug-likeness (QED) is 0.589. The molecule has 0 unspecified atom stereocenters. The molecule has 0 atom stereocenters. The van der Waals surface area contributed by atoms with Crippen LogP contribution in [0.15, 0.2) is 12.1 Å². The van der Waals surface area contributed by atoms with Crippen LogP contribution in [0.25, 0.3) is 0 Å². The fraction of sp³-hybridized carbons (Fsp3) is 0.500. The molecule has 0 aromatic carbocycles. The minimum absolute atomic E-state index is 0.423. The van der Waals surface area contributed by atoms with Crippen molar-refractivity contribution in [3.63, 3.8) is 0 Å². The molecule has 2 rings (SSSR count). The van der Waals surface area contributed by atoms with Crippen molar-refractivity contribution in [2.75, 3.05) is 0 Å². The van der Waals surface area contributed by atoms with Crippen molar-refractivity contribution in [2.24, 2.45) is 11.8 Å². The molecular weight excluding hydrogens is 324 g/mol. The Morgan fingerprint density at radius 1 is 1.14 bits per heavy atom. The van der Waals surface area contributed by atoms with Gasteiger partial charge in [0, 0.05) is 5.92 Å². The van der Waals surface area contributed by atoms with Crippen LogP contribution in [0.2, 0.25) is 5.02 Å². The molecule has 1 aliphatic carbocycles. The van der Waals surface area contributed by atoms with E-state index in [9.17, 15) is 31.1 Å². The molecule has 1 aromatic rings. The number of carbonyl (C=O) groups is 1. The number of Topliss-reactive ketones (excluding diaryl/α,β-unsaturated/α-hetero) is 1. The molecule has 0 saturated heterocycles. The van der Waals surface area contributed by atoms with Gasteiger partial charge in [-0.25, -0.2) is 4.98 Å². The number of hydrogen-bond acceptors (Lipinski definition) is 2. The summed E-state index contributed by atoms with van der Waals surface area (Å²) in [6.45, 7) is 0. The van der Waals surface area contributed by atoms with Crippen molar-refractivity contribution in [3.8, 4) is 0 Å². The third-order valence-corrected chi connectivity index (χ3v) is 3.64. The second kappa shape index (κ2) is 5.15. The lowest BCUT2D eigenvalue weighted by atomic mass is 9.71. The fourth-order valence-corrected chi connectivity index (χ4v) is 2.30. The zero-order chi connectivity index (χ0) is 16.0. The zero-order valence-corrected chi connectivity index (χ0v) is 11.0. The number of halogens is 7. The summed E-state index contributed by atoms with van der Waals surface area (Å²) in [5, 5.41) is -0.666. The average molecular weight is 332 g/mol. The van der Waals surface area contributed by atoms with Crippen LogP contribution in [0.1, 0.15) is 29.0 Å². The third kappa shape index (κ3) is 3.30. The molecule has 1 saturated carbocycles. The molecule has 116 valence electrons. The van der Waals surface area contributed by atoms with Crippen LogP contribution >= 0.6 is 11.6 Å². The van der Waals surface area contributed by atoms with Crippen LogP contribution in [0.4, 0.5) is 26.3 Å². The summed E-state index contributed by atoms with van der Waals surface area (Å²) in [5.74, 6) is -3.36. The van der Waals surface area contributed by atoms with Gasteiger partial charge in [0.1, 0.15) is 5.69 Å².